The van der Waals surface area contributed by atoms with E-state index in [9.17, 15) is 14.9 Å². The Hall–Kier alpha value is -2.35. The zero-order chi connectivity index (χ0) is 14.0. The highest BCUT2D eigenvalue weighted by Gasteiger charge is 2.21. The number of carboxylic acid groups (broad SMARTS) is 1. The molecular formula is C11H9N3O4S. The van der Waals surface area contributed by atoms with E-state index in [1.165, 1.54) is 18.5 Å². The summed E-state index contributed by atoms with van der Waals surface area (Å²) in [7, 11) is 1.66. The zero-order valence-electron chi connectivity index (χ0n) is 9.81. The molecule has 98 valence electrons. The Labute approximate surface area is 112 Å². The third kappa shape index (κ3) is 2.74. The van der Waals surface area contributed by atoms with Gasteiger partial charge in [-0.15, -0.1) is 0 Å². The molecule has 0 amide bonds. The van der Waals surface area contributed by atoms with Crippen LogP contribution >= 0.6 is 11.8 Å². The van der Waals surface area contributed by atoms with Gasteiger partial charge in [-0.05, 0) is 34.2 Å². The highest BCUT2D eigenvalue weighted by Crippen LogP contribution is 2.33. The Morgan fingerprint density at radius 2 is 2.05 bits per heavy atom. The molecule has 1 heterocycles. The Morgan fingerprint density at radius 3 is 2.58 bits per heavy atom. The van der Waals surface area contributed by atoms with Crippen molar-refractivity contribution >= 4 is 23.5 Å². The average molecular weight is 279 g/mol. The first kappa shape index (κ1) is 13.1. The first-order chi connectivity index (χ1) is 8.99. The van der Waals surface area contributed by atoms with Crippen LogP contribution in [0.4, 0.5) is 5.82 Å². The minimum atomic E-state index is -1.01. The van der Waals surface area contributed by atoms with Crippen LogP contribution < -0.4 is 0 Å². The van der Waals surface area contributed by atoms with Crippen LogP contribution in [0.1, 0.15) is 10.4 Å². The largest absolute Gasteiger partial charge is 0.478 e. The smallest absolute Gasteiger partial charge is 0.396 e. The summed E-state index contributed by atoms with van der Waals surface area (Å²) in [6, 6.07) is 6.11. The molecule has 0 saturated carbocycles. The van der Waals surface area contributed by atoms with Crippen molar-refractivity contribution in [3.05, 3.63) is 46.3 Å². The number of aryl methyl sites for hydroxylation is 1. The van der Waals surface area contributed by atoms with E-state index in [2.05, 4.69) is 4.98 Å². The van der Waals surface area contributed by atoms with Gasteiger partial charge in [0, 0.05) is 11.9 Å². The number of aromatic carboxylic acids is 1. The van der Waals surface area contributed by atoms with Gasteiger partial charge in [-0.2, -0.15) is 0 Å². The van der Waals surface area contributed by atoms with Crippen molar-refractivity contribution in [1.29, 1.82) is 0 Å². The number of carboxylic acids is 1. The van der Waals surface area contributed by atoms with Crippen molar-refractivity contribution in [3.63, 3.8) is 0 Å². The number of nitro groups is 1. The van der Waals surface area contributed by atoms with Gasteiger partial charge in [-0.3, -0.25) is 0 Å². The van der Waals surface area contributed by atoms with E-state index in [4.69, 9.17) is 5.11 Å². The molecule has 2 aromatic rings. The summed E-state index contributed by atoms with van der Waals surface area (Å²) in [5.74, 6) is -1.22. The van der Waals surface area contributed by atoms with Crippen LogP contribution in [0, 0.1) is 10.1 Å². The standard InChI is InChI=1S/C11H9N3O4S/c1-13-6-12-9(14(17)18)10(13)19-8-4-2-7(3-5-8)11(15)16/h2-6H,1H3,(H,15,16). The van der Waals surface area contributed by atoms with Gasteiger partial charge in [-0.1, -0.05) is 11.8 Å². The topological polar surface area (TPSA) is 98.3 Å². The lowest BCUT2D eigenvalue weighted by molar-refractivity contribution is -0.392. The summed E-state index contributed by atoms with van der Waals surface area (Å²) in [5, 5.41) is 20.0. The van der Waals surface area contributed by atoms with Crippen molar-refractivity contribution in [1.82, 2.24) is 9.55 Å². The van der Waals surface area contributed by atoms with Crippen LogP contribution in [0.2, 0.25) is 0 Å². The zero-order valence-corrected chi connectivity index (χ0v) is 10.6. The first-order valence-electron chi connectivity index (χ1n) is 5.16. The number of hydrogen-bond acceptors (Lipinski definition) is 5. The normalized spacial score (nSPS) is 10.4. The number of rotatable bonds is 4. The number of aromatic nitrogens is 2. The van der Waals surface area contributed by atoms with E-state index in [-0.39, 0.29) is 11.4 Å². The van der Waals surface area contributed by atoms with Gasteiger partial charge < -0.3 is 19.8 Å². The summed E-state index contributed by atoms with van der Waals surface area (Å²) in [5.41, 5.74) is 0.170. The Balaban J connectivity index is 2.28. The number of hydrogen-bond donors (Lipinski definition) is 1. The molecule has 19 heavy (non-hydrogen) atoms. The maximum Gasteiger partial charge on any atom is 0.396 e. The molecule has 0 aliphatic heterocycles. The van der Waals surface area contributed by atoms with Crippen molar-refractivity contribution in [2.75, 3.05) is 0 Å². The van der Waals surface area contributed by atoms with E-state index in [1.807, 2.05) is 0 Å². The third-order valence-corrected chi connectivity index (χ3v) is 3.53. The fraction of sp³-hybridized carbons (Fsp3) is 0.0909. The second-order valence-electron chi connectivity index (χ2n) is 3.67. The summed E-state index contributed by atoms with van der Waals surface area (Å²) in [4.78, 5) is 25.4. The van der Waals surface area contributed by atoms with Gasteiger partial charge in [0.2, 0.25) is 6.33 Å². The summed E-state index contributed by atoms with van der Waals surface area (Å²) >= 11 is 1.16. The molecule has 0 aliphatic carbocycles. The molecule has 2 rings (SSSR count). The van der Waals surface area contributed by atoms with E-state index in [0.29, 0.717) is 9.92 Å². The minimum Gasteiger partial charge on any atom is -0.478 e. The predicted molar refractivity (Wildman–Crippen MR) is 67.4 cm³/mol. The van der Waals surface area contributed by atoms with Gasteiger partial charge >= 0.3 is 11.8 Å². The fourth-order valence-corrected chi connectivity index (χ4v) is 2.33. The SMILES string of the molecule is Cn1cnc([N+](=O)[O-])c1Sc1ccc(C(=O)O)cc1. The number of imidazole rings is 1. The quantitative estimate of drug-likeness (QED) is 0.680. The van der Waals surface area contributed by atoms with Crippen LogP contribution in [-0.4, -0.2) is 25.6 Å². The average Bonchev–Trinajstić information content (AvgIpc) is 2.72. The summed E-state index contributed by atoms with van der Waals surface area (Å²) < 4.78 is 1.55. The van der Waals surface area contributed by atoms with Crippen LogP contribution in [-0.2, 0) is 7.05 Å². The van der Waals surface area contributed by atoms with Gasteiger partial charge in [-0.25, -0.2) is 4.79 Å². The lowest BCUT2D eigenvalue weighted by atomic mass is 10.2. The van der Waals surface area contributed by atoms with Crippen LogP contribution in [0.15, 0.2) is 40.5 Å². The molecule has 0 saturated heterocycles. The first-order valence-corrected chi connectivity index (χ1v) is 5.97. The summed E-state index contributed by atoms with van der Waals surface area (Å²) in [6.07, 6.45) is 1.37. The van der Waals surface area contributed by atoms with Gasteiger partial charge in [0.15, 0.2) is 5.03 Å². The molecule has 0 radical (unpaired) electrons. The van der Waals surface area contributed by atoms with Crippen LogP contribution in [0.3, 0.4) is 0 Å². The molecule has 1 N–H and O–H groups in total. The Bertz CT molecular complexity index is 636. The van der Waals surface area contributed by atoms with Crippen molar-refractivity contribution in [2.45, 2.75) is 9.92 Å². The molecule has 7 nitrogen and oxygen atoms in total. The molecule has 0 bridgehead atoms. The number of nitrogens with zero attached hydrogens (tertiary/aromatic N) is 3. The predicted octanol–water partition coefficient (Wildman–Crippen LogP) is 2.18. The Morgan fingerprint density at radius 1 is 1.42 bits per heavy atom. The maximum atomic E-state index is 10.8. The molecule has 0 unspecified atom stereocenters. The van der Waals surface area contributed by atoms with Gasteiger partial charge in [0.1, 0.15) is 0 Å². The highest BCUT2D eigenvalue weighted by molar-refractivity contribution is 7.99. The van der Waals surface area contributed by atoms with Gasteiger partial charge in [0.05, 0.1) is 5.56 Å². The maximum absolute atomic E-state index is 10.8. The van der Waals surface area contributed by atoms with Crippen LogP contribution in [0.5, 0.6) is 0 Å². The van der Waals surface area contributed by atoms with Gasteiger partial charge in [0.25, 0.3) is 0 Å². The molecule has 1 aromatic carbocycles. The highest BCUT2D eigenvalue weighted by atomic mass is 32.2. The third-order valence-electron chi connectivity index (χ3n) is 2.35. The van der Waals surface area contributed by atoms with Crippen molar-refractivity contribution in [2.24, 2.45) is 7.05 Å². The second-order valence-corrected chi connectivity index (χ2v) is 4.74. The van der Waals surface area contributed by atoms with Crippen molar-refractivity contribution in [3.8, 4) is 0 Å². The number of carbonyl (C=O) groups is 1. The monoisotopic (exact) mass is 279 g/mol. The molecular weight excluding hydrogens is 270 g/mol. The molecule has 0 spiro atoms. The second kappa shape index (κ2) is 5.11. The number of benzene rings is 1. The summed E-state index contributed by atoms with van der Waals surface area (Å²) in [6.45, 7) is 0. The molecule has 0 aliphatic rings. The minimum absolute atomic E-state index is 0.170. The molecule has 0 fully saturated rings. The van der Waals surface area contributed by atoms with Crippen molar-refractivity contribution < 1.29 is 14.8 Å². The lowest BCUT2D eigenvalue weighted by Gasteiger charge is -2.02. The fourth-order valence-electron chi connectivity index (χ4n) is 1.43. The lowest BCUT2D eigenvalue weighted by Crippen LogP contribution is -1.95. The van der Waals surface area contributed by atoms with E-state index in [0.717, 1.165) is 11.8 Å². The Kier molecular flexibility index (Phi) is 3.52. The van der Waals surface area contributed by atoms with E-state index < -0.39 is 10.9 Å². The van der Waals surface area contributed by atoms with E-state index >= 15 is 0 Å². The molecule has 8 heteroatoms. The molecule has 0 atom stereocenters. The van der Waals surface area contributed by atoms with Crippen LogP contribution in [0.25, 0.3) is 0 Å². The molecule has 1 aromatic heterocycles. The van der Waals surface area contributed by atoms with E-state index in [1.54, 1.807) is 23.7 Å².